The molecule has 1 aliphatic rings. The van der Waals surface area contributed by atoms with E-state index >= 15 is 0 Å². The van der Waals surface area contributed by atoms with Gasteiger partial charge in [-0.15, -0.1) is 0 Å². The van der Waals surface area contributed by atoms with Gasteiger partial charge >= 0.3 is 0 Å². The highest BCUT2D eigenvalue weighted by Crippen LogP contribution is 2.31. The Labute approximate surface area is 141 Å². The van der Waals surface area contributed by atoms with Crippen LogP contribution in [0.2, 0.25) is 0 Å². The lowest BCUT2D eigenvalue weighted by Gasteiger charge is -2.12. The molecule has 0 aromatic heterocycles. The Morgan fingerprint density at radius 3 is 2.29 bits per heavy atom. The van der Waals surface area contributed by atoms with Crippen LogP contribution in [0.4, 0.5) is 11.4 Å². The summed E-state index contributed by atoms with van der Waals surface area (Å²) in [4.78, 5) is 24.0. The summed E-state index contributed by atoms with van der Waals surface area (Å²) in [6, 6.07) is 15.2. The van der Waals surface area contributed by atoms with Gasteiger partial charge in [0.2, 0.25) is 11.8 Å². The van der Waals surface area contributed by atoms with E-state index in [1.807, 2.05) is 55.5 Å². The molecule has 0 bridgehead atoms. The second kappa shape index (κ2) is 7.13. The first kappa shape index (κ1) is 16.0. The number of anilines is 2. The van der Waals surface area contributed by atoms with Gasteiger partial charge in [0.25, 0.3) is 0 Å². The summed E-state index contributed by atoms with van der Waals surface area (Å²) in [5, 5.41) is 5.80. The van der Waals surface area contributed by atoms with Gasteiger partial charge in [-0.3, -0.25) is 9.59 Å². The standard InChI is InChI=1S/C20H20N2O2/c1-14-17(8-5-9-18(14)22-20(24)16-11-12-16)21-19(23)13-10-15-6-3-2-4-7-15/h2-10,13,16H,11-12H2,1H3,(H,21,23)(H,22,24)/b13-10+. The molecule has 3 rings (SSSR count). The Kier molecular flexibility index (Phi) is 4.75. The number of amides is 2. The Morgan fingerprint density at radius 1 is 0.958 bits per heavy atom. The fourth-order valence-corrected chi connectivity index (χ4v) is 2.40. The van der Waals surface area contributed by atoms with E-state index in [0.29, 0.717) is 5.69 Å². The lowest BCUT2D eigenvalue weighted by Crippen LogP contribution is -2.15. The predicted molar refractivity (Wildman–Crippen MR) is 96.6 cm³/mol. The highest BCUT2D eigenvalue weighted by Gasteiger charge is 2.29. The van der Waals surface area contributed by atoms with Crippen LogP contribution in [-0.2, 0) is 9.59 Å². The first-order valence-electron chi connectivity index (χ1n) is 8.08. The van der Waals surface area contributed by atoms with Crippen molar-refractivity contribution in [2.24, 2.45) is 5.92 Å². The van der Waals surface area contributed by atoms with Crippen molar-refractivity contribution in [2.75, 3.05) is 10.6 Å². The van der Waals surface area contributed by atoms with Crippen molar-refractivity contribution in [1.29, 1.82) is 0 Å². The molecule has 122 valence electrons. The van der Waals surface area contributed by atoms with Crippen LogP contribution in [0.5, 0.6) is 0 Å². The second-order valence-electron chi connectivity index (χ2n) is 5.97. The third kappa shape index (κ3) is 4.10. The number of rotatable bonds is 5. The highest BCUT2D eigenvalue weighted by atomic mass is 16.2. The lowest BCUT2D eigenvalue weighted by atomic mass is 10.1. The van der Waals surface area contributed by atoms with Crippen molar-refractivity contribution in [1.82, 2.24) is 0 Å². The zero-order valence-corrected chi connectivity index (χ0v) is 13.6. The van der Waals surface area contributed by atoms with E-state index in [4.69, 9.17) is 0 Å². The summed E-state index contributed by atoms with van der Waals surface area (Å²) in [6.07, 6.45) is 5.20. The number of hydrogen-bond acceptors (Lipinski definition) is 2. The lowest BCUT2D eigenvalue weighted by molar-refractivity contribution is -0.117. The first-order valence-corrected chi connectivity index (χ1v) is 8.08. The molecule has 2 N–H and O–H groups in total. The molecule has 0 spiro atoms. The van der Waals surface area contributed by atoms with E-state index in [1.54, 1.807) is 6.08 Å². The van der Waals surface area contributed by atoms with Crippen LogP contribution in [0.1, 0.15) is 24.0 Å². The van der Waals surface area contributed by atoms with Gasteiger partial charge in [-0.05, 0) is 49.1 Å². The Balaban J connectivity index is 1.67. The molecule has 0 atom stereocenters. The van der Waals surface area contributed by atoms with Crippen molar-refractivity contribution in [3.8, 4) is 0 Å². The topological polar surface area (TPSA) is 58.2 Å². The van der Waals surface area contributed by atoms with Crippen molar-refractivity contribution < 1.29 is 9.59 Å². The van der Waals surface area contributed by atoms with Crippen LogP contribution in [0, 0.1) is 12.8 Å². The van der Waals surface area contributed by atoms with Gasteiger partial charge in [-0.2, -0.15) is 0 Å². The minimum Gasteiger partial charge on any atom is -0.326 e. The Hall–Kier alpha value is -2.88. The SMILES string of the molecule is Cc1c(NC(=O)/C=C/c2ccccc2)cccc1NC(=O)C1CC1. The molecular formula is C20H20N2O2. The first-order chi connectivity index (χ1) is 11.6. The molecule has 1 saturated carbocycles. The summed E-state index contributed by atoms with van der Waals surface area (Å²) in [5.41, 5.74) is 3.27. The van der Waals surface area contributed by atoms with E-state index in [2.05, 4.69) is 10.6 Å². The molecule has 0 aliphatic heterocycles. The molecule has 2 amide bonds. The average molecular weight is 320 g/mol. The number of carbonyl (C=O) groups is 2. The average Bonchev–Trinajstić information content (AvgIpc) is 3.43. The van der Waals surface area contributed by atoms with E-state index in [0.717, 1.165) is 29.7 Å². The van der Waals surface area contributed by atoms with Gasteiger partial charge in [0.1, 0.15) is 0 Å². The normalized spacial score (nSPS) is 13.7. The van der Waals surface area contributed by atoms with E-state index in [9.17, 15) is 9.59 Å². The smallest absolute Gasteiger partial charge is 0.248 e. The van der Waals surface area contributed by atoms with Crippen LogP contribution < -0.4 is 10.6 Å². The van der Waals surface area contributed by atoms with Crippen LogP contribution in [-0.4, -0.2) is 11.8 Å². The molecule has 0 unspecified atom stereocenters. The maximum absolute atomic E-state index is 12.1. The van der Waals surface area contributed by atoms with Crippen molar-refractivity contribution >= 4 is 29.3 Å². The van der Waals surface area contributed by atoms with Gasteiger partial charge in [0, 0.05) is 23.4 Å². The highest BCUT2D eigenvalue weighted by molar-refractivity contribution is 6.03. The number of nitrogens with one attached hydrogen (secondary N) is 2. The molecule has 2 aromatic rings. The van der Waals surface area contributed by atoms with Crippen molar-refractivity contribution in [3.05, 3.63) is 65.7 Å². The summed E-state index contributed by atoms with van der Waals surface area (Å²) in [7, 11) is 0. The number of benzene rings is 2. The quantitative estimate of drug-likeness (QED) is 0.818. The summed E-state index contributed by atoms with van der Waals surface area (Å²) in [6.45, 7) is 1.89. The van der Waals surface area contributed by atoms with Gasteiger partial charge in [-0.1, -0.05) is 36.4 Å². The van der Waals surface area contributed by atoms with E-state index < -0.39 is 0 Å². The summed E-state index contributed by atoms with van der Waals surface area (Å²) in [5.74, 6) is 0.00891. The molecule has 1 fully saturated rings. The second-order valence-corrected chi connectivity index (χ2v) is 5.97. The third-order valence-corrected chi connectivity index (χ3v) is 4.02. The van der Waals surface area contributed by atoms with Crippen LogP contribution in [0.3, 0.4) is 0 Å². The maximum atomic E-state index is 12.1. The predicted octanol–water partition coefficient (Wildman–Crippen LogP) is 4.00. The van der Waals surface area contributed by atoms with Crippen molar-refractivity contribution in [3.63, 3.8) is 0 Å². The largest absolute Gasteiger partial charge is 0.326 e. The van der Waals surface area contributed by atoms with Crippen LogP contribution in [0.25, 0.3) is 6.08 Å². The van der Waals surface area contributed by atoms with Gasteiger partial charge < -0.3 is 10.6 Å². The Bertz CT molecular complexity index is 777. The summed E-state index contributed by atoms with van der Waals surface area (Å²) >= 11 is 0. The zero-order chi connectivity index (χ0) is 16.9. The molecule has 0 radical (unpaired) electrons. The minimum absolute atomic E-state index is 0.0607. The number of hydrogen-bond donors (Lipinski definition) is 2. The molecule has 1 aliphatic carbocycles. The van der Waals surface area contributed by atoms with Gasteiger partial charge in [-0.25, -0.2) is 0 Å². The fourth-order valence-electron chi connectivity index (χ4n) is 2.40. The summed E-state index contributed by atoms with van der Waals surface area (Å²) < 4.78 is 0. The Morgan fingerprint density at radius 2 is 1.62 bits per heavy atom. The molecule has 0 heterocycles. The van der Waals surface area contributed by atoms with E-state index in [-0.39, 0.29) is 17.7 Å². The van der Waals surface area contributed by atoms with Gasteiger partial charge in [0.15, 0.2) is 0 Å². The fraction of sp³-hybridized carbons (Fsp3) is 0.200. The third-order valence-electron chi connectivity index (χ3n) is 4.02. The monoisotopic (exact) mass is 320 g/mol. The van der Waals surface area contributed by atoms with Crippen molar-refractivity contribution in [2.45, 2.75) is 19.8 Å². The van der Waals surface area contributed by atoms with E-state index in [1.165, 1.54) is 6.08 Å². The zero-order valence-electron chi connectivity index (χ0n) is 13.6. The molecule has 24 heavy (non-hydrogen) atoms. The molecule has 2 aromatic carbocycles. The molecule has 0 saturated heterocycles. The number of carbonyl (C=O) groups excluding carboxylic acids is 2. The molecular weight excluding hydrogens is 300 g/mol. The molecule has 4 nitrogen and oxygen atoms in total. The van der Waals surface area contributed by atoms with Gasteiger partial charge in [0.05, 0.1) is 0 Å². The maximum Gasteiger partial charge on any atom is 0.248 e. The minimum atomic E-state index is -0.201. The van der Waals surface area contributed by atoms with Crippen LogP contribution >= 0.6 is 0 Å². The molecule has 4 heteroatoms. The van der Waals surface area contributed by atoms with Crippen LogP contribution in [0.15, 0.2) is 54.6 Å².